The Hall–Kier alpha value is -2.87. The maximum Gasteiger partial charge on any atom is 0.433 e. The zero-order chi connectivity index (χ0) is 16.4. The van der Waals surface area contributed by atoms with Crippen molar-refractivity contribution in [3.63, 3.8) is 0 Å². The Kier molecular flexibility index (Phi) is 3.98. The number of carbonyl (C=O) groups excluding carboxylic acids is 1. The van der Waals surface area contributed by atoms with Gasteiger partial charge in [0.1, 0.15) is 10.7 Å². The maximum atomic E-state index is 11.9. The van der Waals surface area contributed by atoms with Crippen molar-refractivity contribution in [1.82, 2.24) is 5.32 Å². The number of amidine groups is 1. The lowest BCUT2D eigenvalue weighted by Crippen LogP contribution is -2.19. The minimum absolute atomic E-state index is 0.242. The number of nitrogens with one attached hydrogen (secondary N) is 1. The molecule has 0 bridgehead atoms. The molecule has 116 valence electrons. The minimum Gasteiger partial charge on any atom is -0.401 e. The number of rotatable bonds is 3. The SMILES string of the molecule is Cc1ccccc1N=C1NC(=O)/C(=C\c2ccc([N+](=O)[O-])o2)S1. The van der Waals surface area contributed by atoms with Crippen molar-refractivity contribution in [3.8, 4) is 0 Å². The van der Waals surface area contributed by atoms with Crippen molar-refractivity contribution in [2.75, 3.05) is 0 Å². The predicted octanol–water partition coefficient (Wildman–Crippen LogP) is 3.39. The van der Waals surface area contributed by atoms with Crippen LogP contribution in [0.15, 0.2) is 50.7 Å². The van der Waals surface area contributed by atoms with Gasteiger partial charge in [0.15, 0.2) is 5.17 Å². The van der Waals surface area contributed by atoms with Gasteiger partial charge in [0.05, 0.1) is 16.7 Å². The van der Waals surface area contributed by atoms with E-state index in [4.69, 9.17) is 4.42 Å². The molecule has 3 rings (SSSR count). The summed E-state index contributed by atoms with van der Waals surface area (Å²) in [6.45, 7) is 1.93. The molecule has 1 aromatic carbocycles. The van der Waals surface area contributed by atoms with E-state index in [1.807, 2.05) is 31.2 Å². The summed E-state index contributed by atoms with van der Waals surface area (Å²) < 4.78 is 5.02. The molecule has 0 aliphatic carbocycles. The number of amides is 1. The third-order valence-corrected chi connectivity index (χ3v) is 3.96. The number of nitro groups is 1. The van der Waals surface area contributed by atoms with Gasteiger partial charge in [0.25, 0.3) is 5.91 Å². The number of aryl methyl sites for hydroxylation is 1. The number of carbonyl (C=O) groups is 1. The van der Waals surface area contributed by atoms with E-state index in [0.29, 0.717) is 10.1 Å². The quantitative estimate of drug-likeness (QED) is 0.529. The van der Waals surface area contributed by atoms with Gasteiger partial charge in [-0.2, -0.15) is 0 Å². The van der Waals surface area contributed by atoms with E-state index in [-0.39, 0.29) is 17.6 Å². The van der Waals surface area contributed by atoms with Crippen molar-refractivity contribution in [2.24, 2.45) is 4.99 Å². The third kappa shape index (κ3) is 3.32. The Morgan fingerprint density at radius 2 is 2.09 bits per heavy atom. The molecule has 0 atom stereocenters. The van der Waals surface area contributed by atoms with Crippen LogP contribution in [0.25, 0.3) is 6.08 Å². The van der Waals surface area contributed by atoms with E-state index in [0.717, 1.165) is 23.0 Å². The summed E-state index contributed by atoms with van der Waals surface area (Å²) in [4.78, 5) is 26.7. The molecule has 1 aromatic heterocycles. The van der Waals surface area contributed by atoms with E-state index < -0.39 is 4.92 Å². The minimum atomic E-state index is -0.630. The smallest absolute Gasteiger partial charge is 0.401 e. The van der Waals surface area contributed by atoms with Gasteiger partial charge in [0.2, 0.25) is 0 Å². The monoisotopic (exact) mass is 329 g/mol. The summed E-state index contributed by atoms with van der Waals surface area (Å²) >= 11 is 1.16. The van der Waals surface area contributed by atoms with Gasteiger partial charge in [-0.15, -0.1) is 0 Å². The molecule has 1 aliphatic rings. The van der Waals surface area contributed by atoms with Gasteiger partial charge in [-0.05, 0) is 36.4 Å². The second kappa shape index (κ2) is 6.09. The Labute approximate surface area is 135 Å². The number of furan rings is 1. The third-order valence-electron chi connectivity index (χ3n) is 3.05. The van der Waals surface area contributed by atoms with Gasteiger partial charge < -0.3 is 9.73 Å². The molecule has 1 aliphatic heterocycles. The van der Waals surface area contributed by atoms with Crippen LogP contribution in [0, 0.1) is 17.0 Å². The average molecular weight is 329 g/mol. The van der Waals surface area contributed by atoms with Crippen LogP contribution in [0.5, 0.6) is 0 Å². The maximum absolute atomic E-state index is 11.9. The van der Waals surface area contributed by atoms with E-state index in [9.17, 15) is 14.9 Å². The topological polar surface area (TPSA) is 97.7 Å². The molecule has 1 saturated heterocycles. The van der Waals surface area contributed by atoms with Crippen LogP contribution in [-0.4, -0.2) is 16.0 Å². The molecule has 0 radical (unpaired) electrons. The lowest BCUT2D eigenvalue weighted by Gasteiger charge is -1.99. The standard InChI is InChI=1S/C15H11N3O4S/c1-9-4-2-3-5-11(9)16-15-17-14(19)12(23-15)8-10-6-7-13(22-10)18(20)21/h2-8H,1H3,(H,16,17,19)/b12-8+. The first-order valence-corrected chi connectivity index (χ1v) is 7.44. The summed E-state index contributed by atoms with van der Waals surface area (Å²) in [5.41, 5.74) is 1.76. The van der Waals surface area contributed by atoms with Gasteiger partial charge >= 0.3 is 5.88 Å². The van der Waals surface area contributed by atoms with Crippen LogP contribution < -0.4 is 5.32 Å². The summed E-state index contributed by atoms with van der Waals surface area (Å²) in [7, 11) is 0. The van der Waals surface area contributed by atoms with Gasteiger partial charge in [-0.25, -0.2) is 4.99 Å². The molecule has 0 unspecified atom stereocenters. The molecule has 1 fully saturated rings. The highest BCUT2D eigenvalue weighted by Gasteiger charge is 2.25. The summed E-state index contributed by atoms with van der Waals surface area (Å²) in [6.07, 6.45) is 1.45. The van der Waals surface area contributed by atoms with Crippen LogP contribution in [0.2, 0.25) is 0 Å². The fourth-order valence-electron chi connectivity index (χ4n) is 1.93. The fraction of sp³-hybridized carbons (Fsp3) is 0.0667. The van der Waals surface area contributed by atoms with Crippen LogP contribution >= 0.6 is 11.8 Å². The first kappa shape index (κ1) is 15.0. The molecule has 7 nitrogen and oxygen atoms in total. The Morgan fingerprint density at radius 1 is 1.30 bits per heavy atom. The predicted molar refractivity (Wildman–Crippen MR) is 87.3 cm³/mol. The second-order valence-electron chi connectivity index (χ2n) is 4.70. The molecule has 23 heavy (non-hydrogen) atoms. The molecule has 0 saturated carbocycles. The Balaban J connectivity index is 1.83. The van der Waals surface area contributed by atoms with Gasteiger partial charge in [-0.1, -0.05) is 18.2 Å². The molecule has 0 spiro atoms. The Morgan fingerprint density at radius 3 is 2.78 bits per heavy atom. The number of hydrogen-bond acceptors (Lipinski definition) is 6. The number of para-hydroxylation sites is 1. The molecule has 1 N–H and O–H groups in total. The zero-order valence-electron chi connectivity index (χ0n) is 12.0. The van der Waals surface area contributed by atoms with E-state index >= 15 is 0 Å². The summed E-state index contributed by atoms with van der Waals surface area (Å²) in [6, 6.07) is 10.2. The largest absolute Gasteiger partial charge is 0.433 e. The molecular weight excluding hydrogens is 318 g/mol. The summed E-state index contributed by atoms with van der Waals surface area (Å²) in [5.74, 6) is -0.443. The van der Waals surface area contributed by atoms with Crippen LogP contribution in [-0.2, 0) is 4.79 Å². The number of hydrogen-bond donors (Lipinski definition) is 1. The normalized spacial score (nSPS) is 17.7. The van der Waals surface area contributed by atoms with Crippen LogP contribution in [0.3, 0.4) is 0 Å². The first-order valence-electron chi connectivity index (χ1n) is 6.62. The molecule has 1 amide bonds. The fourth-order valence-corrected chi connectivity index (χ4v) is 2.74. The summed E-state index contributed by atoms with van der Waals surface area (Å²) in [5, 5.41) is 13.7. The zero-order valence-corrected chi connectivity index (χ0v) is 12.8. The van der Waals surface area contributed by atoms with E-state index in [1.54, 1.807) is 0 Å². The number of nitrogens with zero attached hydrogens (tertiary/aromatic N) is 2. The average Bonchev–Trinajstić information content (AvgIpc) is 3.10. The van der Waals surface area contributed by atoms with Crippen molar-refractivity contribution in [1.29, 1.82) is 0 Å². The van der Waals surface area contributed by atoms with E-state index in [2.05, 4.69) is 10.3 Å². The van der Waals surface area contributed by atoms with Gasteiger partial charge in [-0.3, -0.25) is 14.9 Å². The highest BCUT2D eigenvalue weighted by atomic mass is 32.2. The number of benzene rings is 1. The molecular formula is C15H11N3O4S. The van der Waals surface area contributed by atoms with Crippen molar-refractivity contribution in [3.05, 3.63) is 62.7 Å². The van der Waals surface area contributed by atoms with Crippen molar-refractivity contribution < 1.29 is 14.1 Å². The first-order chi connectivity index (χ1) is 11.0. The number of aliphatic imine (C=N–C) groups is 1. The molecule has 8 heteroatoms. The van der Waals surface area contributed by atoms with E-state index in [1.165, 1.54) is 18.2 Å². The lowest BCUT2D eigenvalue weighted by molar-refractivity contribution is -0.402. The second-order valence-corrected chi connectivity index (χ2v) is 5.73. The van der Waals surface area contributed by atoms with Crippen molar-refractivity contribution >= 4 is 40.5 Å². The van der Waals surface area contributed by atoms with Crippen LogP contribution in [0.4, 0.5) is 11.6 Å². The van der Waals surface area contributed by atoms with Crippen molar-refractivity contribution in [2.45, 2.75) is 6.92 Å². The van der Waals surface area contributed by atoms with Gasteiger partial charge in [0, 0.05) is 6.08 Å². The highest BCUT2D eigenvalue weighted by Crippen LogP contribution is 2.29. The lowest BCUT2D eigenvalue weighted by atomic mass is 10.2. The molecule has 2 aromatic rings. The molecule has 2 heterocycles. The highest BCUT2D eigenvalue weighted by molar-refractivity contribution is 8.18. The Bertz CT molecular complexity index is 854. The number of thioether (sulfide) groups is 1. The van der Waals surface area contributed by atoms with Crippen LogP contribution in [0.1, 0.15) is 11.3 Å².